The van der Waals surface area contributed by atoms with E-state index in [1.165, 1.54) is 30.0 Å². The Morgan fingerprint density at radius 2 is 1.95 bits per heavy atom. The fourth-order valence-electron chi connectivity index (χ4n) is 1.51. The maximum atomic E-state index is 10.6. The van der Waals surface area contributed by atoms with Crippen LogP contribution in [0.25, 0.3) is 0 Å². The fraction of sp³-hybridized carbons (Fsp3) is 0.167. The number of thioether (sulfide) groups is 1. The fourth-order valence-corrected chi connectivity index (χ4v) is 2.19. The van der Waals surface area contributed by atoms with Gasteiger partial charge in [-0.3, -0.25) is 10.1 Å². The number of nitro groups is 1. The van der Waals surface area contributed by atoms with Crippen molar-refractivity contribution in [1.82, 2.24) is 9.97 Å². The molecule has 2 aromatic rings. The lowest BCUT2D eigenvalue weighted by atomic mass is 10.3. The van der Waals surface area contributed by atoms with Crippen LogP contribution in [0.5, 0.6) is 5.75 Å². The Morgan fingerprint density at radius 1 is 1.24 bits per heavy atom. The number of anilines is 2. The minimum Gasteiger partial charge on any atom is -0.492 e. The van der Waals surface area contributed by atoms with Crippen LogP contribution < -0.4 is 16.2 Å². The van der Waals surface area contributed by atoms with Gasteiger partial charge < -0.3 is 16.2 Å². The molecule has 1 aromatic carbocycles. The molecule has 0 amide bonds. The molecule has 0 saturated heterocycles. The summed E-state index contributed by atoms with van der Waals surface area (Å²) in [7, 11) is 0. The van der Waals surface area contributed by atoms with Gasteiger partial charge in [0.05, 0.1) is 17.6 Å². The van der Waals surface area contributed by atoms with E-state index in [0.717, 1.165) is 0 Å². The van der Waals surface area contributed by atoms with Crippen LogP contribution in [-0.2, 0) is 0 Å². The third-order valence-corrected chi connectivity index (χ3v) is 3.17. The molecule has 4 N–H and O–H groups in total. The molecular weight excluding hydrogens is 294 g/mol. The molecule has 0 fully saturated rings. The van der Waals surface area contributed by atoms with Gasteiger partial charge in [-0.15, -0.1) is 0 Å². The monoisotopic (exact) mass is 307 g/mol. The zero-order valence-electron chi connectivity index (χ0n) is 10.9. The lowest BCUT2D eigenvalue weighted by molar-refractivity contribution is -0.384. The van der Waals surface area contributed by atoms with E-state index in [1.54, 1.807) is 12.1 Å². The standard InChI is InChI=1S/C12H13N5O3S/c13-10-7-11(14)16-12(15-10)21-5-4-20-9-3-1-2-8(6-9)17(18)19/h1-3,6-7H,4-5H2,(H4,13,14,15,16). The number of aromatic nitrogens is 2. The molecule has 110 valence electrons. The van der Waals surface area contributed by atoms with Crippen LogP contribution in [0.1, 0.15) is 0 Å². The molecule has 0 aliphatic heterocycles. The first-order chi connectivity index (χ1) is 10.0. The lowest BCUT2D eigenvalue weighted by Gasteiger charge is -2.06. The summed E-state index contributed by atoms with van der Waals surface area (Å²) < 4.78 is 5.44. The van der Waals surface area contributed by atoms with E-state index in [2.05, 4.69) is 9.97 Å². The Hall–Kier alpha value is -2.55. The highest BCUT2D eigenvalue weighted by Gasteiger charge is 2.06. The largest absolute Gasteiger partial charge is 0.492 e. The first-order valence-corrected chi connectivity index (χ1v) is 6.93. The number of rotatable bonds is 6. The molecule has 0 radical (unpaired) electrons. The van der Waals surface area contributed by atoms with Crippen molar-refractivity contribution in [2.24, 2.45) is 0 Å². The molecule has 0 saturated carbocycles. The van der Waals surface area contributed by atoms with E-state index >= 15 is 0 Å². The summed E-state index contributed by atoms with van der Waals surface area (Å²) in [4.78, 5) is 18.2. The van der Waals surface area contributed by atoms with Gasteiger partial charge in [0.15, 0.2) is 5.16 Å². The van der Waals surface area contributed by atoms with E-state index in [1.807, 2.05) is 0 Å². The van der Waals surface area contributed by atoms with Crippen LogP contribution in [0.15, 0.2) is 35.5 Å². The Balaban J connectivity index is 1.84. The molecule has 21 heavy (non-hydrogen) atoms. The van der Waals surface area contributed by atoms with Crippen LogP contribution >= 0.6 is 11.8 Å². The summed E-state index contributed by atoms with van der Waals surface area (Å²) >= 11 is 1.34. The first-order valence-electron chi connectivity index (χ1n) is 5.94. The van der Waals surface area contributed by atoms with Crippen molar-refractivity contribution in [3.63, 3.8) is 0 Å². The Kier molecular flexibility index (Phi) is 4.77. The molecule has 1 heterocycles. The second-order valence-electron chi connectivity index (χ2n) is 3.95. The number of nitrogens with two attached hydrogens (primary N) is 2. The van der Waals surface area contributed by atoms with Gasteiger partial charge in [-0.1, -0.05) is 17.8 Å². The summed E-state index contributed by atoms with van der Waals surface area (Å²) in [6.07, 6.45) is 0. The van der Waals surface area contributed by atoms with E-state index in [4.69, 9.17) is 16.2 Å². The Labute approximate surface area is 124 Å². The molecule has 9 heteroatoms. The maximum Gasteiger partial charge on any atom is 0.273 e. The number of benzene rings is 1. The number of non-ortho nitro benzene ring substituents is 1. The zero-order valence-corrected chi connectivity index (χ0v) is 11.7. The van der Waals surface area contributed by atoms with Crippen LogP contribution in [-0.4, -0.2) is 27.3 Å². The van der Waals surface area contributed by atoms with Gasteiger partial charge in [-0.2, -0.15) is 0 Å². The summed E-state index contributed by atoms with van der Waals surface area (Å²) in [6, 6.07) is 7.49. The first kappa shape index (κ1) is 14.9. The topological polar surface area (TPSA) is 130 Å². The molecule has 1 aromatic heterocycles. The van der Waals surface area contributed by atoms with Gasteiger partial charge >= 0.3 is 0 Å². The zero-order chi connectivity index (χ0) is 15.2. The summed E-state index contributed by atoms with van der Waals surface area (Å²) in [5.74, 6) is 1.62. The van der Waals surface area contributed by atoms with Crippen molar-refractivity contribution < 1.29 is 9.66 Å². The number of nitro benzene ring substituents is 1. The quantitative estimate of drug-likeness (QED) is 0.271. The molecule has 2 rings (SSSR count). The van der Waals surface area contributed by atoms with Crippen molar-refractivity contribution in [1.29, 1.82) is 0 Å². The second-order valence-corrected chi connectivity index (χ2v) is 5.01. The summed E-state index contributed by atoms with van der Waals surface area (Å²) in [5.41, 5.74) is 11.1. The van der Waals surface area contributed by atoms with Gasteiger partial charge in [0.2, 0.25) is 0 Å². The Bertz CT molecular complexity index is 632. The SMILES string of the molecule is Nc1cc(N)nc(SCCOc2cccc([N+](=O)[O-])c2)n1. The average Bonchev–Trinajstić information content (AvgIpc) is 2.43. The highest BCUT2D eigenvalue weighted by atomic mass is 32.2. The van der Waals surface area contributed by atoms with Crippen LogP contribution in [0.2, 0.25) is 0 Å². The van der Waals surface area contributed by atoms with Crippen molar-refractivity contribution >= 4 is 29.1 Å². The molecule has 0 spiro atoms. The highest BCUT2D eigenvalue weighted by Crippen LogP contribution is 2.20. The van der Waals surface area contributed by atoms with Crippen molar-refractivity contribution in [3.8, 4) is 5.75 Å². The van der Waals surface area contributed by atoms with Gasteiger partial charge in [-0.25, -0.2) is 9.97 Å². The molecule has 0 aliphatic carbocycles. The predicted octanol–water partition coefficient (Wildman–Crippen LogP) is 1.72. The smallest absolute Gasteiger partial charge is 0.273 e. The third-order valence-electron chi connectivity index (χ3n) is 2.36. The summed E-state index contributed by atoms with van der Waals surface area (Å²) in [5, 5.41) is 11.1. The summed E-state index contributed by atoms with van der Waals surface area (Å²) in [6.45, 7) is 0.351. The van der Waals surface area contributed by atoms with E-state index in [-0.39, 0.29) is 5.69 Å². The minimum atomic E-state index is -0.467. The molecule has 0 aliphatic rings. The van der Waals surface area contributed by atoms with Crippen LogP contribution in [0, 0.1) is 10.1 Å². The molecule has 0 bridgehead atoms. The second kappa shape index (κ2) is 6.75. The van der Waals surface area contributed by atoms with Crippen LogP contribution in [0.3, 0.4) is 0 Å². The molecule has 0 atom stereocenters. The Morgan fingerprint density at radius 3 is 2.62 bits per heavy atom. The molecular formula is C12H13N5O3S. The maximum absolute atomic E-state index is 10.6. The number of nitrogen functional groups attached to an aromatic ring is 2. The van der Waals surface area contributed by atoms with Gasteiger partial charge in [0.25, 0.3) is 5.69 Å². The van der Waals surface area contributed by atoms with Crippen molar-refractivity contribution in [2.75, 3.05) is 23.8 Å². The predicted molar refractivity (Wildman–Crippen MR) is 80.2 cm³/mol. The van der Waals surface area contributed by atoms with E-state index in [0.29, 0.717) is 34.9 Å². The number of hydrogen-bond donors (Lipinski definition) is 2. The normalized spacial score (nSPS) is 10.3. The molecule has 8 nitrogen and oxygen atoms in total. The minimum absolute atomic E-state index is 0.00732. The number of hydrogen-bond acceptors (Lipinski definition) is 8. The van der Waals surface area contributed by atoms with Crippen molar-refractivity contribution in [2.45, 2.75) is 5.16 Å². The van der Waals surface area contributed by atoms with E-state index in [9.17, 15) is 10.1 Å². The van der Waals surface area contributed by atoms with Crippen molar-refractivity contribution in [3.05, 3.63) is 40.4 Å². The van der Waals surface area contributed by atoms with E-state index < -0.39 is 4.92 Å². The average molecular weight is 307 g/mol. The van der Waals surface area contributed by atoms with Gasteiger partial charge in [0, 0.05) is 17.9 Å². The van der Waals surface area contributed by atoms with Crippen LogP contribution in [0.4, 0.5) is 17.3 Å². The van der Waals surface area contributed by atoms with Gasteiger partial charge in [-0.05, 0) is 6.07 Å². The lowest BCUT2D eigenvalue weighted by Crippen LogP contribution is -2.03. The number of nitrogens with zero attached hydrogens (tertiary/aromatic N) is 3. The van der Waals surface area contributed by atoms with Gasteiger partial charge in [0.1, 0.15) is 17.4 Å². The highest BCUT2D eigenvalue weighted by molar-refractivity contribution is 7.99. The molecule has 0 unspecified atom stereocenters. The number of ether oxygens (including phenoxy) is 1. The third kappa shape index (κ3) is 4.49.